The van der Waals surface area contributed by atoms with E-state index in [1.807, 2.05) is 0 Å². The Bertz CT molecular complexity index is 464. The zero-order valence-electron chi connectivity index (χ0n) is 11.5. The van der Waals surface area contributed by atoms with Crippen molar-refractivity contribution in [3.05, 3.63) is 24.0 Å². The van der Waals surface area contributed by atoms with Crippen LogP contribution in [0.4, 0.5) is 0 Å². The summed E-state index contributed by atoms with van der Waals surface area (Å²) in [4.78, 5) is 28.6. The molecule has 0 fully saturated rings. The fourth-order valence-corrected chi connectivity index (χ4v) is 1.57. The number of carbonyl (C=O) groups is 2. The Hall–Kier alpha value is -2.15. The smallest absolute Gasteiger partial charge is 0.307 e. The predicted octanol–water partition coefficient (Wildman–Crippen LogP) is 0.439. The van der Waals surface area contributed by atoms with Crippen LogP contribution in [0.25, 0.3) is 0 Å². The first kappa shape index (κ1) is 15.9. The highest BCUT2D eigenvalue weighted by molar-refractivity contribution is 5.94. The number of hydrogen-bond donors (Lipinski definition) is 1. The van der Waals surface area contributed by atoms with Gasteiger partial charge in [-0.3, -0.25) is 14.6 Å². The number of aromatic hydroxyl groups is 1. The number of rotatable bonds is 7. The van der Waals surface area contributed by atoms with E-state index >= 15 is 0 Å². The number of nitrogens with zero attached hydrogens (tertiary/aromatic N) is 2. The molecule has 0 unspecified atom stereocenters. The average molecular weight is 282 g/mol. The summed E-state index contributed by atoms with van der Waals surface area (Å²) in [7, 11) is 2.82. The van der Waals surface area contributed by atoms with Crippen LogP contribution in [-0.4, -0.2) is 60.8 Å². The number of pyridine rings is 1. The summed E-state index contributed by atoms with van der Waals surface area (Å²) < 4.78 is 9.49. The quantitative estimate of drug-likeness (QED) is 0.730. The first-order valence-electron chi connectivity index (χ1n) is 6.07. The third-order valence-corrected chi connectivity index (χ3v) is 2.64. The van der Waals surface area contributed by atoms with Crippen LogP contribution in [0.5, 0.6) is 5.75 Å². The molecular formula is C13H18N2O5. The van der Waals surface area contributed by atoms with Crippen LogP contribution in [0.1, 0.15) is 16.8 Å². The van der Waals surface area contributed by atoms with Gasteiger partial charge < -0.3 is 19.5 Å². The van der Waals surface area contributed by atoms with Gasteiger partial charge in [-0.25, -0.2) is 0 Å². The molecule has 0 saturated carbocycles. The van der Waals surface area contributed by atoms with Gasteiger partial charge in [-0.1, -0.05) is 0 Å². The standard InChI is InChI=1S/C13H18N2O5/c1-19-6-5-15(4-3-12(17)20-2)13(18)10-7-11(16)9-14-8-10/h7-9,16H,3-6H2,1-2H3. The summed E-state index contributed by atoms with van der Waals surface area (Å²) in [5, 5.41) is 9.34. The highest BCUT2D eigenvalue weighted by Crippen LogP contribution is 2.11. The second-order valence-corrected chi connectivity index (χ2v) is 4.04. The van der Waals surface area contributed by atoms with Crippen LogP contribution in [-0.2, 0) is 14.3 Å². The number of amides is 1. The molecule has 1 rings (SSSR count). The van der Waals surface area contributed by atoms with Crippen molar-refractivity contribution in [2.75, 3.05) is 33.9 Å². The number of methoxy groups -OCH3 is 2. The highest BCUT2D eigenvalue weighted by Gasteiger charge is 2.17. The first-order chi connectivity index (χ1) is 9.58. The van der Waals surface area contributed by atoms with E-state index < -0.39 is 5.97 Å². The Morgan fingerprint density at radius 2 is 2.05 bits per heavy atom. The van der Waals surface area contributed by atoms with Gasteiger partial charge in [-0.15, -0.1) is 0 Å². The summed E-state index contributed by atoms with van der Waals surface area (Å²) in [5.74, 6) is -0.806. The van der Waals surface area contributed by atoms with Crippen molar-refractivity contribution >= 4 is 11.9 Å². The van der Waals surface area contributed by atoms with E-state index in [1.54, 1.807) is 0 Å². The summed E-state index contributed by atoms with van der Waals surface area (Å²) >= 11 is 0. The van der Waals surface area contributed by atoms with Crippen LogP contribution in [0.3, 0.4) is 0 Å². The predicted molar refractivity (Wildman–Crippen MR) is 70.3 cm³/mol. The number of ether oxygens (including phenoxy) is 2. The molecule has 0 atom stereocenters. The fourth-order valence-electron chi connectivity index (χ4n) is 1.57. The third kappa shape index (κ3) is 4.85. The largest absolute Gasteiger partial charge is 0.506 e. The number of esters is 1. The van der Waals surface area contributed by atoms with E-state index in [2.05, 4.69) is 9.72 Å². The zero-order valence-corrected chi connectivity index (χ0v) is 11.5. The molecule has 0 spiro atoms. The lowest BCUT2D eigenvalue weighted by Crippen LogP contribution is -2.35. The van der Waals surface area contributed by atoms with E-state index in [0.717, 1.165) is 0 Å². The Labute approximate surface area is 117 Å². The lowest BCUT2D eigenvalue weighted by molar-refractivity contribution is -0.140. The van der Waals surface area contributed by atoms with Crippen molar-refractivity contribution < 1.29 is 24.2 Å². The van der Waals surface area contributed by atoms with Crippen LogP contribution in [0.15, 0.2) is 18.5 Å². The zero-order chi connectivity index (χ0) is 15.0. The molecule has 1 amide bonds. The number of aromatic nitrogens is 1. The highest BCUT2D eigenvalue weighted by atomic mass is 16.5. The molecule has 0 aliphatic heterocycles. The van der Waals surface area contributed by atoms with E-state index in [0.29, 0.717) is 13.2 Å². The molecule has 0 radical (unpaired) electrons. The monoisotopic (exact) mass is 282 g/mol. The SMILES string of the molecule is COCCN(CCC(=O)OC)C(=O)c1cncc(O)c1. The summed E-state index contributed by atoms with van der Waals surface area (Å²) in [6.07, 6.45) is 2.70. The van der Waals surface area contributed by atoms with Gasteiger partial charge in [0.15, 0.2) is 0 Å². The van der Waals surface area contributed by atoms with Crippen molar-refractivity contribution in [1.29, 1.82) is 0 Å². The lowest BCUT2D eigenvalue weighted by atomic mass is 10.2. The summed E-state index contributed by atoms with van der Waals surface area (Å²) in [6, 6.07) is 1.33. The van der Waals surface area contributed by atoms with E-state index in [4.69, 9.17) is 4.74 Å². The fraction of sp³-hybridized carbons (Fsp3) is 0.462. The Morgan fingerprint density at radius 3 is 2.65 bits per heavy atom. The molecule has 0 aromatic carbocycles. The molecule has 0 bridgehead atoms. The minimum Gasteiger partial charge on any atom is -0.506 e. The molecule has 1 aromatic heterocycles. The molecule has 20 heavy (non-hydrogen) atoms. The van der Waals surface area contributed by atoms with Crippen molar-refractivity contribution in [1.82, 2.24) is 9.88 Å². The second kappa shape index (κ2) is 8.11. The van der Waals surface area contributed by atoms with Gasteiger partial charge in [-0.05, 0) is 6.07 Å². The Balaban J connectivity index is 2.75. The Morgan fingerprint density at radius 1 is 1.30 bits per heavy atom. The van der Waals surface area contributed by atoms with Gasteiger partial charge in [0.05, 0.1) is 31.9 Å². The second-order valence-electron chi connectivity index (χ2n) is 4.04. The molecule has 0 aliphatic rings. The van der Waals surface area contributed by atoms with Crippen LogP contribution in [0, 0.1) is 0 Å². The molecular weight excluding hydrogens is 264 g/mol. The molecule has 1 aromatic rings. The maximum atomic E-state index is 12.3. The molecule has 7 nitrogen and oxygen atoms in total. The van der Waals surface area contributed by atoms with Crippen LogP contribution in [0.2, 0.25) is 0 Å². The van der Waals surface area contributed by atoms with Crippen LogP contribution >= 0.6 is 0 Å². The number of hydrogen-bond acceptors (Lipinski definition) is 6. The van der Waals surface area contributed by atoms with Gasteiger partial charge in [0.2, 0.25) is 0 Å². The van der Waals surface area contributed by atoms with E-state index in [9.17, 15) is 14.7 Å². The molecule has 7 heteroatoms. The van der Waals surface area contributed by atoms with Crippen molar-refractivity contribution in [2.24, 2.45) is 0 Å². The minimum absolute atomic E-state index is 0.0875. The van der Waals surface area contributed by atoms with Crippen LogP contribution < -0.4 is 0 Å². The molecule has 1 N–H and O–H groups in total. The summed E-state index contributed by atoms with van der Waals surface area (Å²) in [5.41, 5.74) is 0.256. The topological polar surface area (TPSA) is 89.0 Å². The molecule has 0 saturated heterocycles. The summed E-state index contributed by atoms with van der Waals surface area (Å²) in [6.45, 7) is 0.895. The Kier molecular flexibility index (Phi) is 6.45. The maximum absolute atomic E-state index is 12.3. The lowest BCUT2D eigenvalue weighted by Gasteiger charge is -2.21. The van der Waals surface area contributed by atoms with Gasteiger partial charge in [0.25, 0.3) is 5.91 Å². The maximum Gasteiger partial charge on any atom is 0.307 e. The van der Waals surface area contributed by atoms with E-state index in [1.165, 1.54) is 37.6 Å². The van der Waals surface area contributed by atoms with Gasteiger partial charge in [0, 0.05) is 26.4 Å². The molecule has 1 heterocycles. The first-order valence-corrected chi connectivity index (χ1v) is 6.07. The average Bonchev–Trinajstić information content (AvgIpc) is 2.46. The third-order valence-electron chi connectivity index (χ3n) is 2.64. The van der Waals surface area contributed by atoms with Crippen molar-refractivity contribution in [3.8, 4) is 5.75 Å². The van der Waals surface area contributed by atoms with Crippen molar-refractivity contribution in [2.45, 2.75) is 6.42 Å². The van der Waals surface area contributed by atoms with Gasteiger partial charge in [-0.2, -0.15) is 0 Å². The minimum atomic E-state index is -0.394. The van der Waals surface area contributed by atoms with E-state index in [-0.39, 0.29) is 30.2 Å². The number of carbonyl (C=O) groups excluding carboxylic acids is 2. The van der Waals surface area contributed by atoms with Gasteiger partial charge >= 0.3 is 5.97 Å². The van der Waals surface area contributed by atoms with Gasteiger partial charge in [0.1, 0.15) is 5.75 Å². The van der Waals surface area contributed by atoms with Crippen molar-refractivity contribution in [3.63, 3.8) is 0 Å². The normalized spacial score (nSPS) is 10.1. The molecule has 110 valence electrons. The molecule has 0 aliphatic carbocycles.